The highest BCUT2D eigenvalue weighted by Crippen LogP contribution is 2.16. The molecule has 138 valence electrons. The number of hydrogen-bond donors (Lipinski definition) is 0. The van der Waals surface area contributed by atoms with Gasteiger partial charge in [0.1, 0.15) is 11.6 Å². The summed E-state index contributed by atoms with van der Waals surface area (Å²) in [5.41, 5.74) is 0.596. The minimum atomic E-state index is -0.0414. The van der Waals surface area contributed by atoms with Crippen molar-refractivity contribution in [3.05, 3.63) is 35.7 Å². The highest BCUT2D eigenvalue weighted by atomic mass is 16.5. The summed E-state index contributed by atoms with van der Waals surface area (Å²) < 4.78 is 6.78. The summed E-state index contributed by atoms with van der Waals surface area (Å²) in [5.74, 6) is 1.35. The molecule has 2 aromatic rings. The Balaban J connectivity index is 1.51. The van der Waals surface area contributed by atoms with E-state index in [1.807, 2.05) is 0 Å². The van der Waals surface area contributed by atoms with Gasteiger partial charge in [-0.3, -0.25) is 9.59 Å². The molecule has 1 aliphatic rings. The molecule has 0 saturated carbocycles. The number of benzene rings is 1. The van der Waals surface area contributed by atoms with Crippen molar-refractivity contribution in [2.45, 2.75) is 19.9 Å². The van der Waals surface area contributed by atoms with Gasteiger partial charge in [0, 0.05) is 38.2 Å². The Hall–Kier alpha value is -2.97. The van der Waals surface area contributed by atoms with Crippen LogP contribution in [0.4, 0.5) is 0 Å². The molecule has 1 saturated heterocycles. The molecule has 9 heteroatoms. The maximum absolute atomic E-state index is 12.6. The van der Waals surface area contributed by atoms with E-state index >= 15 is 0 Å². The predicted octanol–water partition coefficient (Wildman–Crippen LogP) is 0.365. The van der Waals surface area contributed by atoms with E-state index in [1.54, 1.807) is 52.8 Å². The van der Waals surface area contributed by atoms with E-state index in [9.17, 15) is 9.59 Å². The number of rotatable bonds is 5. The lowest BCUT2D eigenvalue weighted by molar-refractivity contribution is -0.132. The summed E-state index contributed by atoms with van der Waals surface area (Å²) in [4.78, 5) is 28.5. The molecule has 0 bridgehead atoms. The Morgan fingerprint density at radius 2 is 1.88 bits per heavy atom. The van der Waals surface area contributed by atoms with E-state index in [4.69, 9.17) is 4.74 Å². The van der Waals surface area contributed by atoms with Gasteiger partial charge in [-0.15, -0.1) is 5.10 Å². The number of ether oxygens (including phenoxy) is 1. The molecule has 2 heterocycles. The molecule has 1 aromatic heterocycles. The van der Waals surface area contributed by atoms with Crippen LogP contribution in [0.1, 0.15) is 22.6 Å². The Kier molecular flexibility index (Phi) is 5.45. The van der Waals surface area contributed by atoms with Gasteiger partial charge in [0.25, 0.3) is 5.91 Å². The smallest absolute Gasteiger partial charge is 0.254 e. The van der Waals surface area contributed by atoms with E-state index < -0.39 is 0 Å². The molecule has 0 spiro atoms. The number of aromatic nitrogens is 4. The first kappa shape index (κ1) is 17.8. The molecule has 1 aliphatic heterocycles. The summed E-state index contributed by atoms with van der Waals surface area (Å²) in [6.45, 7) is 4.36. The van der Waals surface area contributed by atoms with Crippen LogP contribution < -0.4 is 4.74 Å². The Labute approximate surface area is 151 Å². The van der Waals surface area contributed by atoms with Gasteiger partial charge in [-0.05, 0) is 35.5 Å². The minimum absolute atomic E-state index is 0.0414. The molecule has 1 fully saturated rings. The maximum Gasteiger partial charge on any atom is 0.254 e. The van der Waals surface area contributed by atoms with Crippen LogP contribution in [0.3, 0.4) is 0 Å². The lowest BCUT2D eigenvalue weighted by atomic mass is 10.1. The Morgan fingerprint density at radius 3 is 2.54 bits per heavy atom. The fourth-order valence-electron chi connectivity index (χ4n) is 2.91. The van der Waals surface area contributed by atoms with E-state index in [1.165, 1.54) is 0 Å². The molecule has 2 amide bonds. The van der Waals surface area contributed by atoms with E-state index in [0.29, 0.717) is 56.3 Å². The van der Waals surface area contributed by atoms with Crippen LogP contribution in [0.25, 0.3) is 0 Å². The highest BCUT2D eigenvalue weighted by molar-refractivity contribution is 5.94. The topological polar surface area (TPSA) is 93.5 Å². The van der Waals surface area contributed by atoms with Gasteiger partial charge in [-0.2, -0.15) is 0 Å². The summed E-state index contributed by atoms with van der Waals surface area (Å²) >= 11 is 0. The molecule has 0 N–H and O–H groups in total. The van der Waals surface area contributed by atoms with Crippen LogP contribution in [-0.2, 0) is 11.3 Å². The van der Waals surface area contributed by atoms with Gasteiger partial charge in [0.2, 0.25) is 5.91 Å². The largest absolute Gasteiger partial charge is 0.497 e. The van der Waals surface area contributed by atoms with Crippen molar-refractivity contribution in [1.29, 1.82) is 0 Å². The van der Waals surface area contributed by atoms with E-state index in [-0.39, 0.29) is 11.8 Å². The van der Waals surface area contributed by atoms with Crippen molar-refractivity contribution in [1.82, 2.24) is 30.0 Å². The molecule has 3 rings (SSSR count). The zero-order valence-electron chi connectivity index (χ0n) is 15.0. The summed E-state index contributed by atoms with van der Waals surface area (Å²) in [6.07, 6.45) is 0.343. The van der Waals surface area contributed by atoms with Gasteiger partial charge in [-0.1, -0.05) is 6.07 Å². The van der Waals surface area contributed by atoms with Crippen LogP contribution in [0.2, 0.25) is 0 Å². The van der Waals surface area contributed by atoms with Crippen molar-refractivity contribution in [2.75, 3.05) is 33.3 Å². The number of tetrazole rings is 1. The Morgan fingerprint density at radius 1 is 1.15 bits per heavy atom. The van der Waals surface area contributed by atoms with Crippen LogP contribution in [-0.4, -0.2) is 75.1 Å². The molecule has 1 aromatic carbocycles. The molecule has 0 aliphatic carbocycles. The summed E-state index contributed by atoms with van der Waals surface area (Å²) in [6, 6.07) is 7.11. The van der Waals surface area contributed by atoms with E-state index in [0.717, 1.165) is 0 Å². The van der Waals surface area contributed by atoms with Crippen LogP contribution >= 0.6 is 0 Å². The summed E-state index contributed by atoms with van der Waals surface area (Å²) in [5, 5.41) is 11.2. The van der Waals surface area contributed by atoms with Gasteiger partial charge in [0.05, 0.1) is 13.7 Å². The van der Waals surface area contributed by atoms with Crippen LogP contribution in [0.5, 0.6) is 5.75 Å². The second-order valence-electron chi connectivity index (χ2n) is 6.10. The molecule has 0 radical (unpaired) electrons. The number of aryl methyl sites for hydroxylation is 2. The van der Waals surface area contributed by atoms with Crippen molar-refractivity contribution < 1.29 is 14.3 Å². The Bertz CT molecular complexity index is 782. The van der Waals surface area contributed by atoms with Crippen molar-refractivity contribution in [3.8, 4) is 5.75 Å². The fourth-order valence-corrected chi connectivity index (χ4v) is 2.91. The molecule has 9 nitrogen and oxygen atoms in total. The molecule has 0 atom stereocenters. The van der Waals surface area contributed by atoms with E-state index in [2.05, 4.69) is 15.5 Å². The minimum Gasteiger partial charge on any atom is -0.497 e. The zero-order chi connectivity index (χ0) is 18.5. The third-order valence-corrected chi connectivity index (χ3v) is 4.48. The third-order valence-electron chi connectivity index (χ3n) is 4.48. The average Bonchev–Trinajstić information content (AvgIpc) is 3.10. The van der Waals surface area contributed by atoms with Gasteiger partial charge in [-0.25, -0.2) is 4.68 Å². The highest BCUT2D eigenvalue weighted by Gasteiger charge is 2.25. The van der Waals surface area contributed by atoms with Gasteiger partial charge >= 0.3 is 0 Å². The SMILES string of the molecule is COc1cccc(C(=O)N2CCN(C(=O)CCn3nnnc3C)CC2)c1. The lowest BCUT2D eigenvalue weighted by Crippen LogP contribution is -2.50. The van der Waals surface area contributed by atoms with Crippen molar-refractivity contribution in [2.24, 2.45) is 0 Å². The van der Waals surface area contributed by atoms with Gasteiger partial charge < -0.3 is 14.5 Å². The monoisotopic (exact) mass is 358 g/mol. The first-order valence-electron chi connectivity index (χ1n) is 8.52. The van der Waals surface area contributed by atoms with Gasteiger partial charge in [0.15, 0.2) is 0 Å². The van der Waals surface area contributed by atoms with Crippen molar-refractivity contribution >= 4 is 11.8 Å². The number of hydrogen-bond acceptors (Lipinski definition) is 6. The first-order chi connectivity index (χ1) is 12.6. The molecule has 0 unspecified atom stereocenters. The second kappa shape index (κ2) is 7.94. The second-order valence-corrected chi connectivity index (χ2v) is 6.10. The summed E-state index contributed by atoms with van der Waals surface area (Å²) in [7, 11) is 1.57. The quantitative estimate of drug-likeness (QED) is 0.766. The van der Waals surface area contributed by atoms with Crippen molar-refractivity contribution in [3.63, 3.8) is 0 Å². The third kappa shape index (κ3) is 3.98. The number of nitrogens with zero attached hydrogens (tertiary/aromatic N) is 6. The lowest BCUT2D eigenvalue weighted by Gasteiger charge is -2.35. The van der Waals surface area contributed by atoms with Crippen LogP contribution in [0.15, 0.2) is 24.3 Å². The number of carbonyl (C=O) groups excluding carboxylic acids is 2. The first-order valence-corrected chi connectivity index (χ1v) is 8.52. The van der Waals surface area contributed by atoms with Crippen LogP contribution in [0, 0.1) is 6.92 Å². The molecule has 26 heavy (non-hydrogen) atoms. The number of carbonyl (C=O) groups is 2. The number of piperazine rings is 1. The molecular weight excluding hydrogens is 336 g/mol. The maximum atomic E-state index is 12.6. The standard InChI is InChI=1S/C17H22N6O3/c1-13-18-19-20-23(13)7-6-16(24)21-8-10-22(11-9-21)17(25)14-4-3-5-15(12-14)26-2/h3-5,12H,6-11H2,1-2H3. The normalized spacial score (nSPS) is 14.4. The number of amides is 2. The predicted molar refractivity (Wildman–Crippen MR) is 92.6 cm³/mol. The number of methoxy groups -OCH3 is 1. The zero-order valence-corrected chi connectivity index (χ0v) is 15.0. The fraction of sp³-hybridized carbons (Fsp3) is 0.471. The average molecular weight is 358 g/mol. The molecular formula is C17H22N6O3.